The van der Waals surface area contributed by atoms with Crippen LogP contribution in [0.2, 0.25) is 5.02 Å². The quantitative estimate of drug-likeness (QED) is 0.507. The van der Waals surface area contributed by atoms with Crippen LogP contribution in [0.25, 0.3) is 10.2 Å². The minimum Gasteiger partial charge on any atom is -0.494 e. The molecule has 0 spiro atoms. The van der Waals surface area contributed by atoms with Gasteiger partial charge in [-0.05, 0) is 36.6 Å². The van der Waals surface area contributed by atoms with Crippen molar-refractivity contribution < 1.29 is 9.53 Å². The second-order valence-electron chi connectivity index (χ2n) is 4.76. The van der Waals surface area contributed by atoms with Crippen molar-refractivity contribution in [1.29, 1.82) is 0 Å². The minimum absolute atomic E-state index is 0.233. The molecule has 3 rings (SSSR count). The average molecular weight is 380 g/mol. The molecule has 0 radical (unpaired) electrons. The number of carbonyl (C=O) groups is 1. The van der Waals surface area contributed by atoms with Gasteiger partial charge in [0, 0.05) is 10.5 Å². The lowest BCUT2D eigenvalue weighted by molar-refractivity contribution is 0.0962. The zero-order valence-corrected chi connectivity index (χ0v) is 15.3. The summed E-state index contributed by atoms with van der Waals surface area (Å²) in [4.78, 5) is 17.7. The maximum Gasteiger partial charge on any atom is 0.269 e. The molecule has 8 heteroatoms. The molecule has 1 amide bonds. The van der Waals surface area contributed by atoms with Crippen LogP contribution in [0.5, 0.6) is 5.75 Å². The molecule has 0 bridgehead atoms. The number of aromatic nitrogens is 1. The Morgan fingerprint density at radius 3 is 2.92 bits per heavy atom. The van der Waals surface area contributed by atoms with Crippen LogP contribution < -0.4 is 15.6 Å². The Morgan fingerprint density at radius 1 is 1.33 bits per heavy atom. The summed E-state index contributed by atoms with van der Waals surface area (Å²) in [7, 11) is 1.58. The van der Waals surface area contributed by atoms with Crippen LogP contribution in [-0.4, -0.2) is 24.3 Å². The van der Waals surface area contributed by atoms with Crippen molar-refractivity contribution in [3.05, 3.63) is 47.0 Å². The first-order valence-corrected chi connectivity index (χ1v) is 9.37. The zero-order valence-electron chi connectivity index (χ0n) is 12.9. The largest absolute Gasteiger partial charge is 0.494 e. The molecule has 0 saturated carbocycles. The molecule has 24 heavy (non-hydrogen) atoms. The number of thiazole rings is 1. The number of anilines is 1. The molecular weight excluding hydrogens is 366 g/mol. The molecule has 2 N–H and O–H groups in total. The van der Waals surface area contributed by atoms with E-state index < -0.39 is 0 Å². The molecule has 3 aromatic rings. The second-order valence-corrected chi connectivity index (χ2v) is 7.04. The number of carbonyl (C=O) groups excluding carboxylic acids is 1. The molecular formula is C16H14ClN3O2S2. The molecule has 5 nitrogen and oxygen atoms in total. The van der Waals surface area contributed by atoms with Crippen molar-refractivity contribution in [2.75, 3.05) is 18.8 Å². The summed E-state index contributed by atoms with van der Waals surface area (Å²) < 4.78 is 6.09. The van der Waals surface area contributed by atoms with E-state index in [0.29, 0.717) is 27.0 Å². The molecule has 0 aliphatic rings. The number of fused-ring (bicyclic) bond motifs is 1. The fourth-order valence-corrected chi connectivity index (χ4v) is 3.69. The summed E-state index contributed by atoms with van der Waals surface area (Å²) in [6, 6.07) is 10.9. The first kappa shape index (κ1) is 16.9. The summed E-state index contributed by atoms with van der Waals surface area (Å²) in [6.45, 7) is 0. The van der Waals surface area contributed by atoms with Gasteiger partial charge in [0.05, 0.1) is 16.8 Å². The Kier molecular flexibility index (Phi) is 5.13. The summed E-state index contributed by atoms with van der Waals surface area (Å²) in [5, 5.41) is 1.13. The summed E-state index contributed by atoms with van der Waals surface area (Å²) in [5.74, 6) is 0.404. The highest BCUT2D eigenvalue weighted by atomic mass is 35.5. The van der Waals surface area contributed by atoms with E-state index in [2.05, 4.69) is 15.8 Å². The Balaban J connectivity index is 1.78. The Morgan fingerprint density at radius 2 is 2.17 bits per heavy atom. The van der Waals surface area contributed by atoms with Crippen LogP contribution in [0, 0.1) is 0 Å². The fraction of sp³-hybridized carbons (Fsp3) is 0.125. The number of methoxy groups -OCH3 is 1. The standard InChI is InChI=1S/C16H14ClN3O2S2/c1-22-12-7-6-11(17)14-13(12)18-16(24-14)20-19-15(21)9-4-3-5-10(8-9)23-2/h3-8H,1-2H3,(H,18,20)(H,19,21). The number of amides is 1. The molecule has 124 valence electrons. The van der Waals surface area contributed by atoms with Crippen LogP contribution in [0.3, 0.4) is 0 Å². The molecule has 1 heterocycles. The van der Waals surface area contributed by atoms with E-state index in [9.17, 15) is 4.79 Å². The molecule has 0 fully saturated rings. The number of benzene rings is 2. The number of nitrogens with zero attached hydrogens (tertiary/aromatic N) is 1. The van der Waals surface area contributed by atoms with E-state index in [1.54, 1.807) is 37.1 Å². The van der Waals surface area contributed by atoms with E-state index in [1.807, 2.05) is 24.5 Å². The van der Waals surface area contributed by atoms with Crippen LogP contribution >= 0.6 is 34.7 Å². The van der Waals surface area contributed by atoms with Crippen molar-refractivity contribution in [2.45, 2.75) is 4.90 Å². The Hall–Kier alpha value is -1.96. The highest BCUT2D eigenvalue weighted by Crippen LogP contribution is 2.37. The summed E-state index contributed by atoms with van der Waals surface area (Å²) in [6.07, 6.45) is 1.97. The highest BCUT2D eigenvalue weighted by molar-refractivity contribution is 7.98. The number of hydrazine groups is 1. The van der Waals surface area contributed by atoms with Crippen LogP contribution in [0.1, 0.15) is 10.4 Å². The van der Waals surface area contributed by atoms with E-state index >= 15 is 0 Å². The number of nitrogens with one attached hydrogen (secondary N) is 2. The number of hydrogen-bond donors (Lipinski definition) is 2. The lowest BCUT2D eigenvalue weighted by Crippen LogP contribution is -2.29. The van der Waals surface area contributed by atoms with Crippen molar-refractivity contribution >= 4 is 56.0 Å². The molecule has 0 unspecified atom stereocenters. The second kappa shape index (κ2) is 7.29. The normalized spacial score (nSPS) is 10.6. The predicted molar refractivity (Wildman–Crippen MR) is 100 cm³/mol. The number of thioether (sulfide) groups is 1. The van der Waals surface area contributed by atoms with Gasteiger partial charge < -0.3 is 4.74 Å². The molecule has 2 aromatic carbocycles. The van der Waals surface area contributed by atoms with Gasteiger partial charge in [0.1, 0.15) is 11.3 Å². The number of ether oxygens (including phenoxy) is 1. The Bertz CT molecular complexity index is 898. The first-order valence-electron chi connectivity index (χ1n) is 6.96. The third kappa shape index (κ3) is 3.43. The maximum atomic E-state index is 12.2. The van der Waals surface area contributed by atoms with Crippen molar-refractivity contribution in [3.63, 3.8) is 0 Å². The SMILES string of the molecule is COc1ccc(Cl)c2sc(NNC(=O)c3cccc(SC)c3)nc12. The van der Waals surface area contributed by atoms with E-state index in [1.165, 1.54) is 11.3 Å². The van der Waals surface area contributed by atoms with Crippen molar-refractivity contribution in [1.82, 2.24) is 10.4 Å². The van der Waals surface area contributed by atoms with Crippen LogP contribution in [0.4, 0.5) is 5.13 Å². The molecule has 0 aliphatic heterocycles. The van der Waals surface area contributed by atoms with Crippen LogP contribution in [-0.2, 0) is 0 Å². The molecule has 0 saturated heterocycles. The Labute approximate surface area is 152 Å². The van der Waals surface area contributed by atoms with Gasteiger partial charge in [-0.25, -0.2) is 4.98 Å². The van der Waals surface area contributed by atoms with Gasteiger partial charge in [0.2, 0.25) is 5.13 Å². The minimum atomic E-state index is -0.233. The smallest absolute Gasteiger partial charge is 0.269 e. The van der Waals surface area contributed by atoms with Crippen LogP contribution in [0.15, 0.2) is 41.3 Å². The predicted octanol–water partition coefficient (Wildman–Crippen LogP) is 4.44. The topological polar surface area (TPSA) is 63.2 Å². The number of rotatable bonds is 5. The van der Waals surface area contributed by atoms with Gasteiger partial charge in [-0.1, -0.05) is 29.0 Å². The fourth-order valence-electron chi connectivity index (χ4n) is 2.12. The lowest BCUT2D eigenvalue weighted by Gasteiger charge is -2.06. The van der Waals surface area contributed by atoms with Gasteiger partial charge in [-0.2, -0.15) is 0 Å². The van der Waals surface area contributed by atoms with Gasteiger partial charge in [-0.3, -0.25) is 15.6 Å². The molecule has 0 aliphatic carbocycles. The van der Waals surface area contributed by atoms with Gasteiger partial charge >= 0.3 is 0 Å². The first-order chi connectivity index (χ1) is 11.6. The maximum absolute atomic E-state index is 12.2. The van der Waals surface area contributed by atoms with E-state index in [0.717, 1.165) is 9.60 Å². The van der Waals surface area contributed by atoms with E-state index in [-0.39, 0.29) is 5.91 Å². The average Bonchev–Trinajstić information content (AvgIpc) is 3.05. The van der Waals surface area contributed by atoms with Crippen molar-refractivity contribution in [2.24, 2.45) is 0 Å². The van der Waals surface area contributed by atoms with E-state index in [4.69, 9.17) is 16.3 Å². The zero-order chi connectivity index (χ0) is 17.1. The van der Waals surface area contributed by atoms with Gasteiger partial charge in [0.15, 0.2) is 0 Å². The molecule has 0 atom stereocenters. The third-order valence-electron chi connectivity index (χ3n) is 3.29. The monoisotopic (exact) mass is 379 g/mol. The molecule has 1 aromatic heterocycles. The van der Waals surface area contributed by atoms with Gasteiger partial charge in [-0.15, -0.1) is 11.8 Å². The highest BCUT2D eigenvalue weighted by Gasteiger charge is 2.13. The summed E-state index contributed by atoms with van der Waals surface area (Å²) in [5.41, 5.74) is 6.72. The van der Waals surface area contributed by atoms with Gasteiger partial charge in [0.25, 0.3) is 5.91 Å². The number of halogens is 1. The summed E-state index contributed by atoms with van der Waals surface area (Å²) >= 11 is 9.12. The number of hydrogen-bond acceptors (Lipinski definition) is 6. The third-order valence-corrected chi connectivity index (χ3v) is 5.45. The van der Waals surface area contributed by atoms with Crippen molar-refractivity contribution in [3.8, 4) is 5.75 Å². The lowest BCUT2D eigenvalue weighted by atomic mass is 10.2.